The Bertz CT molecular complexity index is 444. The van der Waals surface area contributed by atoms with Crippen LogP contribution in [0.2, 0.25) is 0 Å². The fraction of sp³-hybridized carbons (Fsp3) is 0.429. The van der Waals surface area contributed by atoms with Gasteiger partial charge >= 0.3 is 0 Å². The first kappa shape index (κ1) is 15.4. The maximum absolute atomic E-state index is 11.8. The number of anilines is 1. The lowest BCUT2D eigenvalue weighted by molar-refractivity contribution is -0.130. The van der Waals surface area contributed by atoms with Gasteiger partial charge in [0.1, 0.15) is 4.99 Å². The Labute approximate surface area is 120 Å². The third kappa shape index (κ3) is 4.52. The quantitative estimate of drug-likeness (QED) is 0.749. The van der Waals surface area contributed by atoms with Crippen LogP contribution in [0, 0.1) is 0 Å². The molecule has 1 rings (SSSR count). The molecule has 4 nitrogen and oxygen atoms in total. The number of benzene rings is 1. The molecule has 0 bridgehead atoms. The molecular formula is C14H21N3OS. The molecule has 1 aromatic rings. The van der Waals surface area contributed by atoms with Gasteiger partial charge in [-0.05, 0) is 26.0 Å². The van der Waals surface area contributed by atoms with Crippen LogP contribution in [0.3, 0.4) is 0 Å². The Balaban J connectivity index is 2.54. The van der Waals surface area contributed by atoms with Crippen LogP contribution in [-0.2, 0) is 4.79 Å². The summed E-state index contributed by atoms with van der Waals surface area (Å²) in [6.07, 6.45) is 0.466. The number of nitrogens with two attached hydrogens (primary N) is 1. The van der Waals surface area contributed by atoms with Crippen molar-refractivity contribution >= 4 is 28.8 Å². The SMILES string of the molecule is CCN(CC)C(=O)CCNc1ccccc1C(N)=S. The second-order valence-corrected chi connectivity index (χ2v) is 4.59. The molecule has 0 aliphatic carbocycles. The number of nitrogens with one attached hydrogen (secondary N) is 1. The monoisotopic (exact) mass is 279 g/mol. The summed E-state index contributed by atoms with van der Waals surface area (Å²) in [5.74, 6) is 0.158. The lowest BCUT2D eigenvalue weighted by Crippen LogP contribution is -2.31. The predicted octanol–water partition coefficient (Wildman–Crippen LogP) is 1.99. The van der Waals surface area contributed by atoms with Crippen LogP contribution < -0.4 is 11.1 Å². The fourth-order valence-corrected chi connectivity index (χ4v) is 2.07. The van der Waals surface area contributed by atoms with Crippen LogP contribution in [0.15, 0.2) is 24.3 Å². The summed E-state index contributed by atoms with van der Waals surface area (Å²) in [4.78, 5) is 14.0. The third-order valence-corrected chi connectivity index (χ3v) is 3.18. The van der Waals surface area contributed by atoms with Crippen LogP contribution in [0.5, 0.6) is 0 Å². The third-order valence-electron chi connectivity index (χ3n) is 2.96. The molecule has 0 saturated heterocycles. The molecular weight excluding hydrogens is 258 g/mol. The summed E-state index contributed by atoms with van der Waals surface area (Å²) in [6.45, 7) is 6.04. The first-order chi connectivity index (χ1) is 9.10. The van der Waals surface area contributed by atoms with Crippen molar-refractivity contribution in [2.45, 2.75) is 20.3 Å². The molecule has 104 valence electrons. The van der Waals surface area contributed by atoms with Crippen LogP contribution in [0.25, 0.3) is 0 Å². The van der Waals surface area contributed by atoms with E-state index in [1.54, 1.807) is 0 Å². The van der Waals surface area contributed by atoms with Crippen molar-refractivity contribution in [3.05, 3.63) is 29.8 Å². The van der Waals surface area contributed by atoms with Crippen molar-refractivity contribution < 1.29 is 4.79 Å². The second kappa shape index (κ2) is 7.74. The van der Waals surface area contributed by atoms with E-state index in [1.165, 1.54) is 0 Å². The van der Waals surface area contributed by atoms with Gasteiger partial charge in [-0.1, -0.05) is 24.4 Å². The van der Waals surface area contributed by atoms with E-state index in [1.807, 2.05) is 43.0 Å². The van der Waals surface area contributed by atoms with Crippen LogP contribution >= 0.6 is 12.2 Å². The average Bonchev–Trinajstić information content (AvgIpc) is 2.40. The van der Waals surface area contributed by atoms with Crippen LogP contribution in [0.1, 0.15) is 25.8 Å². The van der Waals surface area contributed by atoms with E-state index in [9.17, 15) is 4.79 Å². The Kier molecular flexibility index (Phi) is 6.29. The van der Waals surface area contributed by atoms with Gasteiger partial charge in [0.25, 0.3) is 0 Å². The lowest BCUT2D eigenvalue weighted by Gasteiger charge is -2.19. The number of para-hydroxylation sites is 1. The summed E-state index contributed by atoms with van der Waals surface area (Å²) >= 11 is 4.99. The van der Waals surface area contributed by atoms with E-state index >= 15 is 0 Å². The van der Waals surface area contributed by atoms with Crippen LogP contribution in [-0.4, -0.2) is 35.4 Å². The molecule has 0 aromatic heterocycles. The van der Waals surface area contributed by atoms with E-state index in [2.05, 4.69) is 5.32 Å². The van der Waals surface area contributed by atoms with E-state index < -0.39 is 0 Å². The standard InChI is InChI=1S/C14H21N3OS/c1-3-17(4-2)13(18)9-10-16-12-8-6-5-7-11(12)14(15)19/h5-8,16H,3-4,9-10H2,1-2H3,(H2,15,19). The molecule has 1 amide bonds. The predicted molar refractivity (Wildman–Crippen MR) is 83.4 cm³/mol. The van der Waals surface area contributed by atoms with E-state index in [4.69, 9.17) is 18.0 Å². The summed E-state index contributed by atoms with van der Waals surface area (Å²) in [5, 5.41) is 3.21. The lowest BCUT2D eigenvalue weighted by atomic mass is 10.1. The number of rotatable bonds is 7. The van der Waals surface area contributed by atoms with Gasteiger partial charge in [-0.2, -0.15) is 0 Å². The minimum Gasteiger partial charge on any atom is -0.389 e. The zero-order valence-corrected chi connectivity index (χ0v) is 12.3. The van der Waals surface area contributed by atoms with Gasteiger partial charge in [-0.25, -0.2) is 0 Å². The maximum Gasteiger partial charge on any atom is 0.224 e. The highest BCUT2D eigenvalue weighted by Gasteiger charge is 2.09. The molecule has 0 spiro atoms. The molecule has 0 aliphatic heterocycles. The van der Waals surface area contributed by atoms with Gasteiger partial charge < -0.3 is 16.0 Å². The van der Waals surface area contributed by atoms with Crippen molar-refractivity contribution in [2.24, 2.45) is 5.73 Å². The van der Waals surface area contributed by atoms with Crippen molar-refractivity contribution in [1.82, 2.24) is 4.90 Å². The first-order valence-corrected chi connectivity index (χ1v) is 6.91. The van der Waals surface area contributed by atoms with Gasteiger partial charge in [0, 0.05) is 37.3 Å². The summed E-state index contributed by atoms with van der Waals surface area (Å²) < 4.78 is 0. The number of hydrogen-bond acceptors (Lipinski definition) is 3. The molecule has 0 unspecified atom stereocenters. The topological polar surface area (TPSA) is 58.4 Å². The maximum atomic E-state index is 11.8. The highest BCUT2D eigenvalue weighted by molar-refractivity contribution is 7.80. The van der Waals surface area contributed by atoms with Crippen LogP contribution in [0.4, 0.5) is 5.69 Å². The highest BCUT2D eigenvalue weighted by atomic mass is 32.1. The highest BCUT2D eigenvalue weighted by Crippen LogP contribution is 2.14. The smallest absolute Gasteiger partial charge is 0.224 e. The normalized spacial score (nSPS) is 10.0. The van der Waals surface area contributed by atoms with Gasteiger partial charge in [-0.3, -0.25) is 4.79 Å². The van der Waals surface area contributed by atoms with E-state index in [0.717, 1.165) is 24.3 Å². The Morgan fingerprint density at radius 3 is 2.53 bits per heavy atom. The van der Waals surface area contributed by atoms with Gasteiger partial charge in [-0.15, -0.1) is 0 Å². The van der Waals surface area contributed by atoms with Crippen molar-refractivity contribution in [2.75, 3.05) is 25.0 Å². The molecule has 19 heavy (non-hydrogen) atoms. The zero-order chi connectivity index (χ0) is 14.3. The minimum absolute atomic E-state index is 0.158. The second-order valence-electron chi connectivity index (χ2n) is 4.15. The van der Waals surface area contributed by atoms with Crippen molar-refractivity contribution in [3.63, 3.8) is 0 Å². The fourth-order valence-electron chi connectivity index (χ4n) is 1.89. The summed E-state index contributed by atoms with van der Waals surface area (Å²) in [7, 11) is 0. The van der Waals surface area contributed by atoms with Crippen molar-refractivity contribution in [3.8, 4) is 0 Å². The molecule has 3 N–H and O–H groups in total. The Morgan fingerprint density at radius 1 is 1.32 bits per heavy atom. The number of amides is 1. The average molecular weight is 279 g/mol. The molecule has 0 saturated carbocycles. The molecule has 1 aromatic carbocycles. The number of nitrogens with zero attached hydrogens (tertiary/aromatic N) is 1. The molecule has 0 atom stereocenters. The molecule has 0 fully saturated rings. The number of carbonyl (C=O) groups is 1. The van der Waals surface area contributed by atoms with Gasteiger partial charge in [0.15, 0.2) is 0 Å². The minimum atomic E-state index is 0.158. The molecule has 0 aliphatic rings. The number of thiocarbonyl (C=S) groups is 1. The number of carbonyl (C=O) groups excluding carboxylic acids is 1. The molecule has 0 heterocycles. The largest absolute Gasteiger partial charge is 0.389 e. The zero-order valence-electron chi connectivity index (χ0n) is 11.5. The van der Waals surface area contributed by atoms with E-state index in [0.29, 0.717) is 18.0 Å². The first-order valence-electron chi connectivity index (χ1n) is 6.50. The van der Waals surface area contributed by atoms with Gasteiger partial charge in [0.05, 0.1) is 0 Å². The van der Waals surface area contributed by atoms with E-state index in [-0.39, 0.29) is 5.91 Å². The molecule has 5 heteroatoms. The van der Waals surface area contributed by atoms with Gasteiger partial charge in [0.2, 0.25) is 5.91 Å². The number of hydrogen-bond donors (Lipinski definition) is 2. The summed E-state index contributed by atoms with van der Waals surface area (Å²) in [6, 6.07) is 7.59. The van der Waals surface area contributed by atoms with Crippen molar-refractivity contribution in [1.29, 1.82) is 0 Å². The molecule has 0 radical (unpaired) electrons. The Morgan fingerprint density at radius 2 is 1.95 bits per heavy atom. The summed E-state index contributed by atoms with van der Waals surface area (Å²) in [5.41, 5.74) is 7.34. The Hall–Kier alpha value is -1.62.